The molecule has 0 saturated carbocycles. The Kier molecular flexibility index (Phi) is 7.48. The van der Waals surface area contributed by atoms with Gasteiger partial charge in [-0.1, -0.05) is 49.7 Å². The van der Waals surface area contributed by atoms with Crippen LogP contribution in [0, 0.1) is 0 Å². The number of benzene rings is 1. The molecule has 162 valence electrons. The van der Waals surface area contributed by atoms with Gasteiger partial charge < -0.3 is 4.74 Å². The second-order valence-electron chi connectivity index (χ2n) is 9.05. The third kappa shape index (κ3) is 6.05. The smallest absolute Gasteiger partial charge is 0.416 e. The molecule has 5 heteroatoms. The third-order valence-corrected chi connectivity index (χ3v) is 5.37. The summed E-state index contributed by atoms with van der Waals surface area (Å²) in [5.74, 6) is 0.661. The summed E-state index contributed by atoms with van der Waals surface area (Å²) in [5.41, 5.74) is 2.03. The molecular formula is C25H35N3O2. The minimum atomic E-state index is -0.525. The van der Waals surface area contributed by atoms with Crippen LogP contribution in [0.15, 0.2) is 48.7 Å². The quantitative estimate of drug-likeness (QED) is 0.566. The maximum absolute atomic E-state index is 12.7. The topological polar surface area (TPSA) is 45.7 Å². The van der Waals surface area contributed by atoms with Crippen molar-refractivity contribution in [2.24, 2.45) is 0 Å². The number of likely N-dealkylation sites (tertiary alicyclic amines) is 1. The second-order valence-corrected chi connectivity index (χ2v) is 9.05. The zero-order valence-electron chi connectivity index (χ0n) is 18.8. The number of pyridine rings is 1. The number of carbonyl (C=O) groups excluding carboxylic acids is 1. The molecule has 3 rings (SSSR count). The van der Waals surface area contributed by atoms with Crippen molar-refractivity contribution in [3.63, 3.8) is 0 Å². The molecule has 0 aliphatic carbocycles. The predicted octanol–water partition coefficient (Wildman–Crippen LogP) is 5.96. The molecule has 1 aliphatic heterocycles. The van der Waals surface area contributed by atoms with Crippen molar-refractivity contribution >= 4 is 11.9 Å². The van der Waals surface area contributed by atoms with Crippen molar-refractivity contribution in [3.8, 4) is 0 Å². The van der Waals surface area contributed by atoms with Crippen LogP contribution in [0.25, 0.3) is 0 Å². The molecule has 2 heterocycles. The van der Waals surface area contributed by atoms with Crippen LogP contribution in [0.1, 0.15) is 70.5 Å². The molecule has 30 heavy (non-hydrogen) atoms. The van der Waals surface area contributed by atoms with Crippen molar-refractivity contribution < 1.29 is 9.53 Å². The zero-order chi connectivity index (χ0) is 21.6. The number of hydrogen-bond acceptors (Lipinski definition) is 4. The first-order chi connectivity index (χ1) is 14.4. The maximum atomic E-state index is 12.7. The van der Waals surface area contributed by atoms with Gasteiger partial charge in [0.2, 0.25) is 0 Å². The summed E-state index contributed by atoms with van der Waals surface area (Å²) in [7, 11) is 0. The van der Waals surface area contributed by atoms with E-state index in [-0.39, 0.29) is 6.09 Å². The molecule has 1 amide bonds. The van der Waals surface area contributed by atoms with Gasteiger partial charge in [0.05, 0.1) is 0 Å². The number of aromatic nitrogens is 1. The highest BCUT2D eigenvalue weighted by atomic mass is 16.6. The van der Waals surface area contributed by atoms with E-state index in [0.29, 0.717) is 18.4 Å². The van der Waals surface area contributed by atoms with Crippen LogP contribution in [-0.4, -0.2) is 34.7 Å². The van der Waals surface area contributed by atoms with Gasteiger partial charge in [-0.15, -0.1) is 0 Å². The Morgan fingerprint density at radius 1 is 1.20 bits per heavy atom. The van der Waals surface area contributed by atoms with E-state index >= 15 is 0 Å². The molecular weight excluding hydrogens is 374 g/mol. The van der Waals surface area contributed by atoms with Gasteiger partial charge in [-0.3, -0.25) is 9.80 Å². The highest BCUT2D eigenvalue weighted by molar-refractivity contribution is 5.86. The van der Waals surface area contributed by atoms with Crippen LogP contribution in [0.5, 0.6) is 0 Å². The lowest BCUT2D eigenvalue weighted by Crippen LogP contribution is -2.38. The van der Waals surface area contributed by atoms with E-state index in [1.807, 2.05) is 33.0 Å². The number of amides is 1. The van der Waals surface area contributed by atoms with Gasteiger partial charge in [-0.25, -0.2) is 9.78 Å². The fourth-order valence-corrected chi connectivity index (χ4v) is 3.90. The maximum Gasteiger partial charge on any atom is 0.416 e. The molecule has 1 aliphatic rings. The van der Waals surface area contributed by atoms with Gasteiger partial charge >= 0.3 is 6.09 Å². The lowest BCUT2D eigenvalue weighted by molar-refractivity contribution is 0.0578. The first kappa shape index (κ1) is 22.3. The first-order valence-electron chi connectivity index (χ1n) is 11.1. The number of unbranched alkanes of at least 4 members (excludes halogenated alkanes) is 1. The average molecular weight is 410 g/mol. The monoisotopic (exact) mass is 409 g/mol. The lowest BCUT2D eigenvalue weighted by Gasteiger charge is -2.28. The van der Waals surface area contributed by atoms with Gasteiger partial charge in [-0.2, -0.15) is 0 Å². The Balaban J connectivity index is 1.73. The molecule has 2 aromatic rings. The molecule has 0 unspecified atom stereocenters. The minimum absolute atomic E-state index is 0.331. The fourth-order valence-electron chi connectivity index (χ4n) is 3.90. The van der Waals surface area contributed by atoms with E-state index in [9.17, 15) is 4.79 Å². The Labute approximate surface area is 181 Å². The van der Waals surface area contributed by atoms with E-state index < -0.39 is 5.60 Å². The summed E-state index contributed by atoms with van der Waals surface area (Å²) in [5, 5.41) is 0. The highest BCUT2D eigenvalue weighted by Crippen LogP contribution is 2.33. The Morgan fingerprint density at radius 2 is 1.97 bits per heavy atom. The van der Waals surface area contributed by atoms with Crippen molar-refractivity contribution in [3.05, 3.63) is 59.8 Å². The molecule has 1 aromatic heterocycles. The molecule has 5 nitrogen and oxygen atoms in total. The first-order valence-corrected chi connectivity index (χ1v) is 11.1. The molecule has 0 spiro atoms. The summed E-state index contributed by atoms with van der Waals surface area (Å²) in [6.07, 6.45) is 5.86. The lowest BCUT2D eigenvalue weighted by atomic mass is 10.1. The van der Waals surface area contributed by atoms with Crippen LogP contribution in [0.3, 0.4) is 0 Å². The average Bonchev–Trinajstić information content (AvgIpc) is 3.16. The van der Waals surface area contributed by atoms with E-state index in [0.717, 1.165) is 32.4 Å². The van der Waals surface area contributed by atoms with Gasteiger partial charge in [0.15, 0.2) is 0 Å². The number of hydrogen-bond donors (Lipinski definition) is 0. The van der Waals surface area contributed by atoms with Crippen molar-refractivity contribution in [2.75, 3.05) is 18.0 Å². The summed E-state index contributed by atoms with van der Waals surface area (Å²) in [6, 6.07) is 15.1. The van der Waals surface area contributed by atoms with E-state index in [2.05, 4.69) is 53.2 Å². The Hall–Kier alpha value is -2.40. The number of rotatable bonds is 7. The van der Waals surface area contributed by atoms with Gasteiger partial charge in [-0.05, 0) is 63.8 Å². The van der Waals surface area contributed by atoms with Gasteiger partial charge in [0.25, 0.3) is 0 Å². The number of anilines is 1. The van der Waals surface area contributed by atoms with Crippen LogP contribution in [0.2, 0.25) is 0 Å². The number of ether oxygens (including phenoxy) is 1. The van der Waals surface area contributed by atoms with E-state index in [1.165, 1.54) is 17.5 Å². The summed E-state index contributed by atoms with van der Waals surface area (Å²) < 4.78 is 5.60. The fraction of sp³-hybridized carbons (Fsp3) is 0.520. The largest absolute Gasteiger partial charge is 0.443 e. The van der Waals surface area contributed by atoms with Crippen molar-refractivity contribution in [2.45, 2.75) is 71.6 Å². The van der Waals surface area contributed by atoms with Crippen LogP contribution < -0.4 is 4.90 Å². The van der Waals surface area contributed by atoms with Crippen LogP contribution in [0.4, 0.5) is 10.6 Å². The summed E-state index contributed by atoms with van der Waals surface area (Å²) >= 11 is 0. The Bertz CT molecular complexity index is 799. The molecule has 1 atom stereocenters. The normalized spacial score (nSPS) is 17.1. The van der Waals surface area contributed by atoms with Gasteiger partial charge in [0.1, 0.15) is 11.4 Å². The predicted molar refractivity (Wildman–Crippen MR) is 122 cm³/mol. The van der Waals surface area contributed by atoms with Crippen molar-refractivity contribution in [1.29, 1.82) is 0 Å². The Morgan fingerprint density at radius 3 is 2.60 bits per heavy atom. The minimum Gasteiger partial charge on any atom is -0.443 e. The molecule has 0 N–H and O–H groups in total. The second kappa shape index (κ2) is 10.1. The molecule has 1 fully saturated rings. The van der Waals surface area contributed by atoms with E-state index in [4.69, 9.17) is 4.74 Å². The third-order valence-electron chi connectivity index (χ3n) is 5.37. The summed E-state index contributed by atoms with van der Waals surface area (Å²) in [4.78, 5) is 21.6. The molecule has 0 bridgehead atoms. The summed E-state index contributed by atoms with van der Waals surface area (Å²) in [6.45, 7) is 10.4. The highest BCUT2D eigenvalue weighted by Gasteiger charge is 2.27. The molecule has 1 saturated heterocycles. The number of nitrogens with zero attached hydrogens (tertiary/aromatic N) is 3. The zero-order valence-corrected chi connectivity index (χ0v) is 18.8. The SMILES string of the molecule is CCCCN(C(=O)OC(C)(C)C)c1ccc([C@H]2CCCN2Cc2ccccc2)cn1. The van der Waals surface area contributed by atoms with Crippen LogP contribution >= 0.6 is 0 Å². The van der Waals surface area contributed by atoms with Crippen LogP contribution in [-0.2, 0) is 11.3 Å². The molecule has 0 radical (unpaired) electrons. The van der Waals surface area contributed by atoms with Gasteiger partial charge in [0, 0.05) is 25.3 Å². The molecule has 1 aromatic carbocycles. The van der Waals surface area contributed by atoms with Crippen molar-refractivity contribution in [1.82, 2.24) is 9.88 Å². The standard InChI is InChI=1S/C25H35N3O2/c1-5-6-17-28(24(29)30-25(2,3)4)23-15-14-21(18-26-23)22-13-10-16-27(22)19-20-11-8-7-9-12-20/h7-9,11-12,14-15,18,22H,5-6,10,13,16-17,19H2,1-4H3/t22-/m1/s1. The van der Waals surface area contributed by atoms with E-state index in [1.54, 1.807) is 4.90 Å². The number of carbonyl (C=O) groups is 1.